The molecule has 208 valence electrons. The molecule has 0 amide bonds. The van der Waals surface area contributed by atoms with Crippen LogP contribution in [0.2, 0.25) is 0 Å². The molecule has 0 radical (unpaired) electrons. The van der Waals surface area contributed by atoms with Crippen molar-refractivity contribution in [3.05, 3.63) is 157 Å². The lowest BCUT2D eigenvalue weighted by Crippen LogP contribution is -1.93. The second kappa shape index (κ2) is 10.6. The van der Waals surface area contributed by atoms with Crippen LogP contribution in [-0.4, -0.2) is 9.97 Å². The monoisotopic (exact) mass is 562 g/mol. The number of pyridine rings is 2. The van der Waals surface area contributed by atoms with E-state index in [-0.39, 0.29) is 0 Å². The van der Waals surface area contributed by atoms with E-state index in [2.05, 4.69) is 144 Å². The summed E-state index contributed by atoms with van der Waals surface area (Å²) in [6.45, 7) is 4.19. The number of nitrogens with zero attached hydrogens (tertiary/aromatic N) is 2. The highest BCUT2D eigenvalue weighted by Crippen LogP contribution is 2.46. The third-order valence-electron chi connectivity index (χ3n) is 8.86. The van der Waals surface area contributed by atoms with Crippen LogP contribution in [0, 0.1) is 13.8 Å². The summed E-state index contributed by atoms with van der Waals surface area (Å²) in [6.07, 6.45) is 5.71. The van der Waals surface area contributed by atoms with E-state index < -0.39 is 0 Å². The molecule has 0 fully saturated rings. The van der Waals surface area contributed by atoms with Gasteiger partial charge in [-0.05, 0) is 109 Å². The first-order valence-corrected chi connectivity index (χ1v) is 15.1. The summed E-state index contributed by atoms with van der Waals surface area (Å²) in [5, 5.41) is 7.51. The Kier molecular flexibility index (Phi) is 6.27. The number of aromatic nitrogens is 2. The molecular weight excluding hydrogens is 532 g/mol. The van der Waals surface area contributed by atoms with Crippen molar-refractivity contribution in [2.24, 2.45) is 0 Å². The molecular formula is C42H30N2. The Balaban J connectivity index is 1.39. The Morgan fingerprint density at radius 1 is 0.409 bits per heavy atom. The second-order valence-corrected chi connectivity index (χ2v) is 11.5. The fraction of sp³-hybridized carbons (Fsp3) is 0.0476. The number of rotatable bonds is 4. The molecule has 0 aliphatic carbocycles. The molecule has 0 atom stereocenters. The van der Waals surface area contributed by atoms with Crippen LogP contribution in [0.5, 0.6) is 0 Å². The van der Waals surface area contributed by atoms with E-state index in [1.54, 1.807) is 0 Å². The van der Waals surface area contributed by atoms with Crippen molar-refractivity contribution in [1.82, 2.24) is 9.97 Å². The number of hydrogen-bond donors (Lipinski definition) is 0. The Labute approximate surface area is 257 Å². The summed E-state index contributed by atoms with van der Waals surface area (Å²) in [5.41, 5.74) is 12.0. The van der Waals surface area contributed by atoms with Gasteiger partial charge in [0.15, 0.2) is 0 Å². The van der Waals surface area contributed by atoms with E-state index in [1.807, 2.05) is 25.5 Å². The molecule has 0 saturated heterocycles. The van der Waals surface area contributed by atoms with Crippen LogP contribution in [0.4, 0.5) is 0 Å². The molecule has 2 heteroatoms. The van der Waals surface area contributed by atoms with Crippen molar-refractivity contribution in [2.75, 3.05) is 0 Å². The van der Waals surface area contributed by atoms with E-state index in [1.165, 1.54) is 82.4 Å². The maximum Gasteiger partial charge on any atom is 0.0378 e. The van der Waals surface area contributed by atoms with E-state index in [4.69, 9.17) is 0 Å². The summed E-state index contributed by atoms with van der Waals surface area (Å²) in [4.78, 5) is 8.80. The first-order chi connectivity index (χ1) is 21.7. The highest BCUT2D eigenvalue weighted by molar-refractivity contribution is 6.24. The van der Waals surface area contributed by atoms with Crippen molar-refractivity contribution in [3.63, 3.8) is 0 Å². The smallest absolute Gasteiger partial charge is 0.0378 e. The van der Waals surface area contributed by atoms with Gasteiger partial charge in [-0.25, -0.2) is 0 Å². The average molecular weight is 563 g/mol. The predicted octanol–water partition coefficient (Wildman–Crippen LogP) is 11.2. The minimum absolute atomic E-state index is 1.02. The van der Waals surface area contributed by atoms with E-state index in [0.29, 0.717) is 0 Å². The molecule has 0 spiro atoms. The predicted molar refractivity (Wildman–Crippen MR) is 186 cm³/mol. The molecule has 0 unspecified atom stereocenters. The molecule has 0 N–H and O–H groups in total. The topological polar surface area (TPSA) is 25.8 Å². The summed E-state index contributed by atoms with van der Waals surface area (Å²) < 4.78 is 0. The molecule has 2 nitrogen and oxygen atoms in total. The van der Waals surface area contributed by atoms with Gasteiger partial charge in [0.2, 0.25) is 0 Å². The van der Waals surface area contributed by atoms with Crippen molar-refractivity contribution in [2.45, 2.75) is 13.8 Å². The van der Waals surface area contributed by atoms with Crippen molar-refractivity contribution >= 4 is 32.3 Å². The molecule has 6 aromatic carbocycles. The Morgan fingerprint density at radius 3 is 1.57 bits per heavy atom. The Morgan fingerprint density at radius 2 is 0.955 bits per heavy atom. The lowest BCUT2D eigenvalue weighted by Gasteiger charge is -2.20. The van der Waals surface area contributed by atoms with E-state index in [0.717, 1.165) is 5.69 Å². The molecule has 2 aromatic heterocycles. The summed E-state index contributed by atoms with van der Waals surface area (Å²) in [5.74, 6) is 0. The largest absolute Gasteiger partial charge is 0.264 e. The molecule has 0 aliphatic heterocycles. The van der Waals surface area contributed by atoms with Gasteiger partial charge in [-0.1, -0.05) is 109 Å². The van der Waals surface area contributed by atoms with Crippen molar-refractivity contribution in [3.8, 4) is 44.5 Å². The van der Waals surface area contributed by atoms with Crippen LogP contribution >= 0.6 is 0 Å². The van der Waals surface area contributed by atoms with Gasteiger partial charge < -0.3 is 0 Å². The number of benzene rings is 6. The zero-order valence-electron chi connectivity index (χ0n) is 24.8. The minimum atomic E-state index is 1.02. The fourth-order valence-electron chi connectivity index (χ4n) is 6.79. The molecule has 8 aromatic rings. The Hall–Kier alpha value is -5.60. The molecule has 0 saturated carbocycles. The summed E-state index contributed by atoms with van der Waals surface area (Å²) in [7, 11) is 0. The van der Waals surface area contributed by atoms with Gasteiger partial charge in [-0.15, -0.1) is 0 Å². The van der Waals surface area contributed by atoms with Crippen LogP contribution in [0.25, 0.3) is 76.8 Å². The highest BCUT2D eigenvalue weighted by Gasteiger charge is 2.19. The van der Waals surface area contributed by atoms with Gasteiger partial charge in [0.05, 0.1) is 0 Å². The lowest BCUT2D eigenvalue weighted by atomic mass is 9.83. The summed E-state index contributed by atoms with van der Waals surface area (Å²) >= 11 is 0. The van der Waals surface area contributed by atoms with Crippen LogP contribution in [0.3, 0.4) is 0 Å². The van der Waals surface area contributed by atoms with Gasteiger partial charge in [-0.2, -0.15) is 0 Å². The van der Waals surface area contributed by atoms with Gasteiger partial charge in [-0.3, -0.25) is 9.97 Å². The summed E-state index contributed by atoms with van der Waals surface area (Å²) in [6, 6.07) is 46.5. The third-order valence-corrected chi connectivity index (χ3v) is 8.86. The van der Waals surface area contributed by atoms with Crippen LogP contribution < -0.4 is 0 Å². The maximum atomic E-state index is 4.43. The van der Waals surface area contributed by atoms with Gasteiger partial charge in [0.25, 0.3) is 0 Å². The third kappa shape index (κ3) is 4.27. The van der Waals surface area contributed by atoms with Crippen molar-refractivity contribution in [1.29, 1.82) is 0 Å². The SMILES string of the molecule is Cc1cc(-c2ccc(-c3c4ccccc4c(-c4ccc(-c5cnccc5C)cc4)c4ccccc34)c3ccccc23)ccn1. The fourth-order valence-corrected chi connectivity index (χ4v) is 6.79. The molecule has 0 bridgehead atoms. The maximum absolute atomic E-state index is 4.43. The number of fused-ring (bicyclic) bond motifs is 3. The van der Waals surface area contributed by atoms with Crippen molar-refractivity contribution < 1.29 is 0 Å². The molecule has 8 rings (SSSR count). The second-order valence-electron chi connectivity index (χ2n) is 11.5. The van der Waals surface area contributed by atoms with E-state index >= 15 is 0 Å². The van der Waals surface area contributed by atoms with Crippen LogP contribution in [0.1, 0.15) is 11.3 Å². The minimum Gasteiger partial charge on any atom is -0.264 e. The highest BCUT2D eigenvalue weighted by atomic mass is 14.6. The molecule has 2 heterocycles. The standard InChI is InChI=1S/C42H30N2/c1-27-21-23-43-26-40(27)29-15-17-30(18-16-29)41-35-11-5-7-13-37(35)42(38-14-8-6-12-36(38)41)39-20-19-32(31-22-24-44-28(2)25-31)33-9-3-4-10-34(33)39/h3-26H,1-2H3. The zero-order valence-corrected chi connectivity index (χ0v) is 24.8. The lowest BCUT2D eigenvalue weighted by molar-refractivity contribution is 1.20. The Bertz CT molecular complexity index is 2290. The zero-order chi connectivity index (χ0) is 29.6. The normalized spacial score (nSPS) is 11.4. The van der Waals surface area contributed by atoms with Gasteiger partial charge >= 0.3 is 0 Å². The number of hydrogen-bond acceptors (Lipinski definition) is 2. The van der Waals surface area contributed by atoms with Crippen LogP contribution in [0.15, 0.2) is 146 Å². The first kappa shape index (κ1) is 26.1. The van der Waals surface area contributed by atoms with Gasteiger partial charge in [0, 0.05) is 29.8 Å². The van der Waals surface area contributed by atoms with Gasteiger partial charge in [0.1, 0.15) is 0 Å². The van der Waals surface area contributed by atoms with Crippen LogP contribution in [-0.2, 0) is 0 Å². The first-order valence-electron chi connectivity index (χ1n) is 15.1. The molecule has 0 aliphatic rings. The molecule has 44 heavy (non-hydrogen) atoms. The average Bonchev–Trinajstić information content (AvgIpc) is 3.07. The van der Waals surface area contributed by atoms with E-state index in [9.17, 15) is 0 Å². The number of aryl methyl sites for hydroxylation is 2. The quantitative estimate of drug-likeness (QED) is 0.199.